The summed E-state index contributed by atoms with van der Waals surface area (Å²) in [5.41, 5.74) is 2.29. The Morgan fingerprint density at radius 1 is 0.947 bits per heavy atom. The number of phenolic OH excluding ortho intramolecular Hbond substituents is 2. The molecule has 5 heteroatoms. The first kappa shape index (κ1) is 11.4. The van der Waals surface area contributed by atoms with Gasteiger partial charge in [0.25, 0.3) is 0 Å². The number of hydrogen-bond acceptors (Lipinski definition) is 5. The van der Waals surface area contributed by atoms with Gasteiger partial charge in [-0.15, -0.1) is 0 Å². The quantitative estimate of drug-likeness (QED) is 0.514. The Bertz CT molecular complexity index is 828. The third-order valence-electron chi connectivity index (χ3n) is 2.89. The van der Waals surface area contributed by atoms with Crippen molar-refractivity contribution in [1.82, 2.24) is 9.97 Å². The fourth-order valence-corrected chi connectivity index (χ4v) is 2.02. The van der Waals surface area contributed by atoms with E-state index in [1.165, 1.54) is 31.2 Å². The minimum atomic E-state index is -0.187. The molecule has 0 saturated carbocycles. The Hall–Kier alpha value is -2.69. The summed E-state index contributed by atoms with van der Waals surface area (Å²) in [7, 11) is 0. The summed E-state index contributed by atoms with van der Waals surface area (Å²) in [5, 5.41) is 19.0. The Labute approximate surface area is 108 Å². The first-order valence-electron chi connectivity index (χ1n) is 5.69. The molecule has 0 aliphatic heterocycles. The van der Waals surface area contributed by atoms with Crippen LogP contribution in [0.3, 0.4) is 0 Å². The average molecular weight is 254 g/mol. The van der Waals surface area contributed by atoms with Gasteiger partial charge in [-0.1, -0.05) is 0 Å². The SMILES string of the molecule is CC(=O)c1cc(O)cc2nc3cc(O)ccc3nc12. The van der Waals surface area contributed by atoms with Gasteiger partial charge in [0.1, 0.15) is 17.0 Å². The molecule has 0 fully saturated rings. The van der Waals surface area contributed by atoms with Gasteiger partial charge < -0.3 is 10.2 Å². The molecule has 2 N–H and O–H groups in total. The third kappa shape index (κ3) is 1.85. The summed E-state index contributed by atoms with van der Waals surface area (Å²) in [6.07, 6.45) is 0. The van der Waals surface area contributed by atoms with E-state index in [2.05, 4.69) is 9.97 Å². The third-order valence-corrected chi connectivity index (χ3v) is 2.89. The van der Waals surface area contributed by atoms with Crippen LogP contribution in [-0.4, -0.2) is 26.0 Å². The van der Waals surface area contributed by atoms with Crippen LogP contribution in [0.15, 0.2) is 30.3 Å². The van der Waals surface area contributed by atoms with Crippen molar-refractivity contribution in [2.75, 3.05) is 0 Å². The number of carbonyl (C=O) groups is 1. The molecule has 0 spiro atoms. The molecule has 0 aliphatic carbocycles. The van der Waals surface area contributed by atoms with E-state index >= 15 is 0 Å². The number of carbonyl (C=O) groups excluding carboxylic acids is 1. The van der Waals surface area contributed by atoms with Crippen LogP contribution in [0.25, 0.3) is 22.1 Å². The summed E-state index contributed by atoms with van der Waals surface area (Å²) in [4.78, 5) is 20.3. The van der Waals surface area contributed by atoms with Crippen LogP contribution >= 0.6 is 0 Å². The minimum absolute atomic E-state index is 0.0356. The molecule has 1 heterocycles. The van der Waals surface area contributed by atoms with Crippen molar-refractivity contribution in [1.29, 1.82) is 0 Å². The lowest BCUT2D eigenvalue weighted by Gasteiger charge is -2.06. The van der Waals surface area contributed by atoms with Gasteiger partial charge in [-0.2, -0.15) is 0 Å². The van der Waals surface area contributed by atoms with Gasteiger partial charge >= 0.3 is 0 Å². The predicted molar refractivity (Wildman–Crippen MR) is 70.4 cm³/mol. The Morgan fingerprint density at radius 2 is 1.68 bits per heavy atom. The van der Waals surface area contributed by atoms with Crippen LogP contribution < -0.4 is 0 Å². The Balaban J connectivity index is 2.47. The zero-order valence-electron chi connectivity index (χ0n) is 10.1. The lowest BCUT2D eigenvalue weighted by molar-refractivity contribution is 0.101. The average Bonchev–Trinajstić information content (AvgIpc) is 2.35. The molecule has 0 radical (unpaired) electrons. The van der Waals surface area contributed by atoms with E-state index in [0.29, 0.717) is 27.6 Å². The van der Waals surface area contributed by atoms with Crippen LogP contribution in [0, 0.1) is 0 Å². The second-order valence-corrected chi connectivity index (χ2v) is 4.31. The highest BCUT2D eigenvalue weighted by Crippen LogP contribution is 2.26. The smallest absolute Gasteiger partial charge is 0.162 e. The van der Waals surface area contributed by atoms with Crippen molar-refractivity contribution in [3.8, 4) is 11.5 Å². The van der Waals surface area contributed by atoms with E-state index < -0.39 is 0 Å². The van der Waals surface area contributed by atoms with Crippen molar-refractivity contribution in [2.24, 2.45) is 0 Å². The lowest BCUT2D eigenvalue weighted by Crippen LogP contribution is -1.97. The molecular weight excluding hydrogens is 244 g/mol. The summed E-state index contributed by atoms with van der Waals surface area (Å²) in [5.74, 6) is -0.132. The van der Waals surface area contributed by atoms with Gasteiger partial charge in [0, 0.05) is 17.7 Å². The summed E-state index contributed by atoms with van der Waals surface area (Å²) < 4.78 is 0. The number of ketones is 1. The van der Waals surface area contributed by atoms with E-state index in [9.17, 15) is 15.0 Å². The molecule has 3 aromatic rings. The molecule has 19 heavy (non-hydrogen) atoms. The summed E-state index contributed by atoms with van der Waals surface area (Å²) in [6.45, 7) is 1.41. The van der Waals surface area contributed by atoms with E-state index in [0.717, 1.165) is 0 Å². The van der Waals surface area contributed by atoms with Crippen molar-refractivity contribution in [2.45, 2.75) is 6.92 Å². The zero-order valence-corrected chi connectivity index (χ0v) is 10.1. The molecule has 0 atom stereocenters. The standard InChI is InChI=1S/C14H10N2O3/c1-7(17)10-4-9(19)6-13-14(10)16-11-3-2-8(18)5-12(11)15-13/h2-6,18-19H,1H3. The van der Waals surface area contributed by atoms with Crippen LogP contribution in [0.5, 0.6) is 11.5 Å². The van der Waals surface area contributed by atoms with E-state index in [4.69, 9.17) is 0 Å². The van der Waals surface area contributed by atoms with Gasteiger partial charge in [0.05, 0.1) is 16.6 Å². The maximum absolute atomic E-state index is 11.6. The number of nitrogens with zero attached hydrogens (tertiary/aromatic N) is 2. The molecule has 0 saturated heterocycles. The van der Waals surface area contributed by atoms with Crippen molar-refractivity contribution >= 4 is 27.9 Å². The van der Waals surface area contributed by atoms with Crippen LogP contribution in [0.4, 0.5) is 0 Å². The number of fused-ring (bicyclic) bond motifs is 2. The van der Waals surface area contributed by atoms with Crippen LogP contribution in [0.2, 0.25) is 0 Å². The zero-order chi connectivity index (χ0) is 13.6. The molecule has 1 aromatic heterocycles. The van der Waals surface area contributed by atoms with E-state index in [1.807, 2.05) is 0 Å². The van der Waals surface area contributed by atoms with Gasteiger partial charge in [-0.25, -0.2) is 9.97 Å². The Kier molecular flexibility index (Phi) is 2.35. The number of aromatic nitrogens is 2. The van der Waals surface area contributed by atoms with Crippen LogP contribution in [0.1, 0.15) is 17.3 Å². The lowest BCUT2D eigenvalue weighted by atomic mass is 10.1. The molecule has 0 bridgehead atoms. The van der Waals surface area contributed by atoms with Crippen molar-refractivity contribution in [3.05, 3.63) is 35.9 Å². The first-order chi connectivity index (χ1) is 9.04. The molecule has 0 unspecified atom stereocenters. The molecule has 2 aromatic carbocycles. The highest BCUT2D eigenvalue weighted by Gasteiger charge is 2.12. The number of aromatic hydroxyl groups is 2. The highest BCUT2D eigenvalue weighted by molar-refractivity contribution is 6.06. The largest absolute Gasteiger partial charge is 0.508 e. The van der Waals surface area contributed by atoms with Gasteiger partial charge in [0.2, 0.25) is 0 Å². The number of rotatable bonds is 1. The van der Waals surface area contributed by atoms with Gasteiger partial charge in [0.15, 0.2) is 5.78 Å². The van der Waals surface area contributed by atoms with Crippen molar-refractivity contribution in [3.63, 3.8) is 0 Å². The molecule has 5 nitrogen and oxygen atoms in total. The fourth-order valence-electron chi connectivity index (χ4n) is 2.02. The molecule has 3 rings (SSSR count). The normalized spacial score (nSPS) is 11.0. The first-order valence-corrected chi connectivity index (χ1v) is 5.69. The fraction of sp³-hybridized carbons (Fsp3) is 0.0714. The molecule has 94 valence electrons. The van der Waals surface area contributed by atoms with Crippen LogP contribution in [-0.2, 0) is 0 Å². The summed E-state index contributed by atoms with van der Waals surface area (Å²) >= 11 is 0. The van der Waals surface area contributed by atoms with Gasteiger partial charge in [-0.3, -0.25) is 4.79 Å². The number of phenols is 2. The number of Topliss-reactive ketones (excluding diaryl/α,β-unsaturated/α-hetero) is 1. The minimum Gasteiger partial charge on any atom is -0.508 e. The molecule has 0 aliphatic rings. The molecular formula is C14H10N2O3. The monoisotopic (exact) mass is 254 g/mol. The topological polar surface area (TPSA) is 83.3 Å². The summed E-state index contributed by atoms with van der Waals surface area (Å²) in [6, 6.07) is 7.45. The van der Waals surface area contributed by atoms with Crippen molar-refractivity contribution < 1.29 is 15.0 Å². The maximum Gasteiger partial charge on any atom is 0.162 e. The van der Waals surface area contributed by atoms with Gasteiger partial charge in [-0.05, 0) is 25.1 Å². The maximum atomic E-state index is 11.6. The Morgan fingerprint density at radius 3 is 2.42 bits per heavy atom. The second-order valence-electron chi connectivity index (χ2n) is 4.31. The highest BCUT2D eigenvalue weighted by atomic mass is 16.3. The van der Waals surface area contributed by atoms with E-state index in [-0.39, 0.29) is 17.3 Å². The number of hydrogen-bond donors (Lipinski definition) is 2. The molecule has 0 amide bonds. The second kappa shape index (κ2) is 3.91. The number of benzene rings is 2. The van der Waals surface area contributed by atoms with E-state index in [1.54, 1.807) is 6.07 Å². The predicted octanol–water partition coefficient (Wildman–Crippen LogP) is 2.40.